The summed E-state index contributed by atoms with van der Waals surface area (Å²) in [7, 11) is 0. The van der Waals surface area contributed by atoms with Crippen molar-refractivity contribution in [2.45, 2.75) is 32.4 Å². The fraction of sp³-hybridized carbons (Fsp3) is 0.400. The molecule has 0 saturated carbocycles. The molecule has 1 aromatic carbocycles. The summed E-state index contributed by atoms with van der Waals surface area (Å²) in [5.41, 5.74) is 7.93. The van der Waals surface area contributed by atoms with Gasteiger partial charge in [0.2, 0.25) is 0 Å². The van der Waals surface area contributed by atoms with E-state index in [9.17, 15) is 4.39 Å². The van der Waals surface area contributed by atoms with E-state index in [4.69, 9.17) is 10.5 Å². The Balaban J connectivity index is 1.92. The van der Waals surface area contributed by atoms with Crippen molar-refractivity contribution >= 4 is 5.69 Å². The highest BCUT2D eigenvalue weighted by atomic mass is 19.1. The van der Waals surface area contributed by atoms with Gasteiger partial charge in [0.05, 0.1) is 6.20 Å². The van der Waals surface area contributed by atoms with Gasteiger partial charge in [0, 0.05) is 35.2 Å². The summed E-state index contributed by atoms with van der Waals surface area (Å²) < 4.78 is 21.7. The van der Waals surface area contributed by atoms with Gasteiger partial charge in [-0.15, -0.1) is 0 Å². The van der Waals surface area contributed by atoms with Gasteiger partial charge >= 0.3 is 0 Å². The Kier molecular flexibility index (Phi) is 3.44. The Morgan fingerprint density at radius 2 is 2.25 bits per heavy atom. The number of anilines is 1. The zero-order valence-corrected chi connectivity index (χ0v) is 11.5. The van der Waals surface area contributed by atoms with Crippen LogP contribution in [0.3, 0.4) is 0 Å². The molecule has 0 spiro atoms. The highest BCUT2D eigenvalue weighted by molar-refractivity contribution is 5.67. The minimum atomic E-state index is -0.283. The van der Waals surface area contributed by atoms with E-state index in [0.717, 1.165) is 31.4 Å². The first-order valence-corrected chi connectivity index (χ1v) is 6.87. The monoisotopic (exact) mass is 275 g/mol. The first-order chi connectivity index (χ1) is 9.66. The minimum Gasteiger partial charge on any atom is -0.398 e. The van der Waals surface area contributed by atoms with Crippen LogP contribution in [0.25, 0.3) is 11.1 Å². The number of hydrogen-bond acceptors (Lipinski definition) is 3. The largest absolute Gasteiger partial charge is 0.398 e. The van der Waals surface area contributed by atoms with Gasteiger partial charge in [-0.3, -0.25) is 0 Å². The molecule has 20 heavy (non-hydrogen) atoms. The van der Waals surface area contributed by atoms with Gasteiger partial charge in [0.1, 0.15) is 12.0 Å². The van der Waals surface area contributed by atoms with Crippen LogP contribution in [0.2, 0.25) is 0 Å². The third-order valence-electron chi connectivity index (χ3n) is 3.79. The summed E-state index contributed by atoms with van der Waals surface area (Å²) in [6.45, 7) is 2.44. The van der Waals surface area contributed by atoms with Crippen molar-refractivity contribution in [3.8, 4) is 11.1 Å². The first kappa shape index (κ1) is 13.1. The smallest absolute Gasteiger partial charge is 0.150 e. The molecule has 0 bridgehead atoms. The molecule has 3 rings (SSSR count). The molecule has 1 aliphatic heterocycles. The maximum atomic E-state index is 14.3. The summed E-state index contributed by atoms with van der Waals surface area (Å²) in [5.74, 6) is -0.283. The molecule has 2 heterocycles. The second-order valence-corrected chi connectivity index (χ2v) is 5.17. The quantitative estimate of drug-likeness (QED) is 0.856. The normalized spacial score (nSPS) is 19.2. The van der Waals surface area contributed by atoms with Gasteiger partial charge < -0.3 is 10.5 Å². The fourth-order valence-electron chi connectivity index (χ4n) is 2.49. The lowest BCUT2D eigenvalue weighted by Crippen LogP contribution is -2.18. The van der Waals surface area contributed by atoms with Crippen molar-refractivity contribution in [2.24, 2.45) is 0 Å². The van der Waals surface area contributed by atoms with E-state index < -0.39 is 0 Å². The number of ether oxygens (including phenoxy) is 1. The number of nitrogens with two attached hydrogens (primary N) is 1. The van der Waals surface area contributed by atoms with Crippen molar-refractivity contribution in [3.63, 3.8) is 0 Å². The number of nitrogen functional groups attached to an aromatic ring is 1. The lowest BCUT2D eigenvalue weighted by atomic mass is 10.0. The summed E-state index contributed by atoms with van der Waals surface area (Å²) in [6.07, 6.45) is 6.65. The highest BCUT2D eigenvalue weighted by Gasteiger charge is 2.18. The Morgan fingerprint density at radius 3 is 3.00 bits per heavy atom. The Morgan fingerprint density at radius 1 is 1.40 bits per heavy atom. The number of rotatable bonds is 2. The van der Waals surface area contributed by atoms with Gasteiger partial charge in [-0.25, -0.2) is 9.07 Å². The molecule has 5 heteroatoms. The summed E-state index contributed by atoms with van der Waals surface area (Å²) in [5, 5.41) is 4.30. The van der Waals surface area contributed by atoms with Crippen LogP contribution in [-0.4, -0.2) is 16.4 Å². The molecule has 1 aromatic heterocycles. The Labute approximate surface area is 117 Å². The molecule has 1 aliphatic rings. The van der Waals surface area contributed by atoms with E-state index in [1.54, 1.807) is 29.9 Å². The van der Waals surface area contributed by atoms with Crippen LogP contribution in [0.15, 0.2) is 24.5 Å². The predicted octanol–water partition coefficient (Wildman–Crippen LogP) is 3.28. The van der Waals surface area contributed by atoms with Crippen LogP contribution in [0.5, 0.6) is 0 Å². The lowest BCUT2D eigenvalue weighted by molar-refractivity contribution is -0.0394. The van der Waals surface area contributed by atoms with Gasteiger partial charge in [-0.1, -0.05) is 0 Å². The first-order valence-electron chi connectivity index (χ1n) is 6.87. The predicted molar refractivity (Wildman–Crippen MR) is 75.6 cm³/mol. The van der Waals surface area contributed by atoms with E-state index in [1.165, 1.54) is 0 Å². The summed E-state index contributed by atoms with van der Waals surface area (Å²) >= 11 is 0. The van der Waals surface area contributed by atoms with Crippen LogP contribution in [0.4, 0.5) is 10.1 Å². The van der Waals surface area contributed by atoms with Crippen molar-refractivity contribution in [1.82, 2.24) is 9.78 Å². The maximum Gasteiger partial charge on any atom is 0.150 e. The molecule has 106 valence electrons. The minimum absolute atomic E-state index is 0.0320. The molecular weight excluding hydrogens is 257 g/mol. The van der Waals surface area contributed by atoms with E-state index in [0.29, 0.717) is 16.8 Å². The molecule has 0 aliphatic carbocycles. The van der Waals surface area contributed by atoms with Crippen LogP contribution in [0, 0.1) is 12.7 Å². The average Bonchev–Trinajstić information content (AvgIpc) is 2.95. The van der Waals surface area contributed by atoms with E-state index >= 15 is 0 Å². The Bertz CT molecular complexity index is 618. The van der Waals surface area contributed by atoms with E-state index in [1.807, 2.05) is 6.20 Å². The van der Waals surface area contributed by atoms with Crippen molar-refractivity contribution in [2.75, 3.05) is 12.3 Å². The van der Waals surface area contributed by atoms with Crippen LogP contribution >= 0.6 is 0 Å². The number of halogens is 1. The van der Waals surface area contributed by atoms with E-state index in [2.05, 4.69) is 5.10 Å². The van der Waals surface area contributed by atoms with Crippen molar-refractivity contribution in [1.29, 1.82) is 0 Å². The summed E-state index contributed by atoms with van der Waals surface area (Å²) in [6, 6.07) is 3.42. The van der Waals surface area contributed by atoms with Gasteiger partial charge in [0.25, 0.3) is 0 Å². The fourth-order valence-corrected chi connectivity index (χ4v) is 2.49. The molecule has 1 saturated heterocycles. The van der Waals surface area contributed by atoms with Gasteiger partial charge in [-0.05, 0) is 38.3 Å². The third kappa shape index (κ3) is 2.29. The molecule has 1 fully saturated rings. The molecular formula is C15H18FN3O. The number of hydrogen-bond donors (Lipinski definition) is 1. The third-order valence-corrected chi connectivity index (χ3v) is 3.79. The average molecular weight is 275 g/mol. The molecule has 2 aromatic rings. The van der Waals surface area contributed by atoms with Crippen molar-refractivity contribution in [3.05, 3.63) is 35.9 Å². The topological polar surface area (TPSA) is 53.1 Å². The van der Waals surface area contributed by atoms with Crippen LogP contribution < -0.4 is 5.73 Å². The SMILES string of the molecule is Cc1c(N)ccc(-c2cnn(C3CCCCO3)c2)c1F. The lowest BCUT2D eigenvalue weighted by Gasteiger charge is -2.22. The maximum absolute atomic E-state index is 14.3. The van der Waals surface area contributed by atoms with Crippen LogP contribution in [-0.2, 0) is 4.74 Å². The number of aromatic nitrogens is 2. The number of nitrogens with zero attached hydrogens (tertiary/aromatic N) is 2. The van der Waals surface area contributed by atoms with Crippen molar-refractivity contribution < 1.29 is 9.13 Å². The Hall–Kier alpha value is -1.88. The standard InChI is InChI=1S/C15H18FN3O/c1-10-13(17)6-5-12(15(10)16)11-8-18-19(9-11)14-4-2-3-7-20-14/h5-6,8-9,14H,2-4,7,17H2,1H3. The molecule has 1 unspecified atom stereocenters. The zero-order valence-electron chi connectivity index (χ0n) is 11.5. The molecule has 4 nitrogen and oxygen atoms in total. The second kappa shape index (κ2) is 5.25. The van der Waals surface area contributed by atoms with Gasteiger partial charge in [0.15, 0.2) is 0 Å². The zero-order chi connectivity index (χ0) is 14.1. The number of benzene rings is 1. The van der Waals surface area contributed by atoms with E-state index in [-0.39, 0.29) is 12.0 Å². The second-order valence-electron chi connectivity index (χ2n) is 5.17. The molecule has 1 atom stereocenters. The molecule has 2 N–H and O–H groups in total. The summed E-state index contributed by atoms with van der Waals surface area (Å²) in [4.78, 5) is 0. The highest BCUT2D eigenvalue weighted by Crippen LogP contribution is 2.29. The van der Waals surface area contributed by atoms with Gasteiger partial charge in [-0.2, -0.15) is 5.10 Å². The molecule has 0 amide bonds. The van der Waals surface area contributed by atoms with Crippen LogP contribution in [0.1, 0.15) is 31.1 Å². The molecule has 0 radical (unpaired) electrons.